The van der Waals surface area contributed by atoms with Crippen molar-refractivity contribution in [3.8, 4) is 0 Å². The van der Waals surface area contributed by atoms with Crippen LogP contribution >= 0.6 is 0 Å². The fraction of sp³-hybridized carbons (Fsp3) is 0.513. The molecule has 2 rings (SSSR count). The first-order chi connectivity index (χ1) is 21.8. The van der Waals surface area contributed by atoms with E-state index < -0.39 is 5.41 Å². The number of allylic oxidation sites excluding steroid dienone is 7. The van der Waals surface area contributed by atoms with Gasteiger partial charge in [0.25, 0.3) is 0 Å². The Hall–Kier alpha value is -3.35. The summed E-state index contributed by atoms with van der Waals surface area (Å²) < 4.78 is 0. The van der Waals surface area contributed by atoms with Crippen LogP contribution in [0, 0.1) is 0 Å². The van der Waals surface area contributed by atoms with E-state index >= 15 is 0 Å². The molecule has 6 nitrogen and oxygen atoms in total. The Balaban J connectivity index is 2.51. The van der Waals surface area contributed by atoms with E-state index in [0.29, 0.717) is 38.0 Å². The number of carbonyl (C=O) groups excluding carboxylic acids is 2. The molecule has 1 aliphatic rings. The van der Waals surface area contributed by atoms with Crippen molar-refractivity contribution in [2.75, 3.05) is 13.1 Å². The summed E-state index contributed by atoms with van der Waals surface area (Å²) in [6.45, 7) is 14.4. The lowest BCUT2D eigenvalue weighted by Crippen LogP contribution is -2.31. The summed E-state index contributed by atoms with van der Waals surface area (Å²) in [4.78, 5) is 30.8. The van der Waals surface area contributed by atoms with E-state index in [4.69, 9.17) is 11.5 Å². The number of benzene rings is 1. The molecular weight excluding hydrogens is 556 g/mol. The minimum Gasteiger partial charge on any atom is -0.330 e. The van der Waals surface area contributed by atoms with Crippen LogP contribution in [0.3, 0.4) is 0 Å². The first-order valence-corrected chi connectivity index (χ1v) is 17.1. The van der Waals surface area contributed by atoms with Gasteiger partial charge in [-0.05, 0) is 86.5 Å². The highest BCUT2D eigenvalue weighted by molar-refractivity contribution is 5.91. The van der Waals surface area contributed by atoms with E-state index in [2.05, 4.69) is 48.6 Å². The topological polar surface area (TPSA) is 111 Å². The van der Waals surface area contributed by atoms with Crippen LogP contribution in [-0.4, -0.2) is 31.1 Å². The van der Waals surface area contributed by atoms with Gasteiger partial charge in [0, 0.05) is 30.7 Å². The fourth-order valence-corrected chi connectivity index (χ4v) is 6.07. The van der Waals surface area contributed by atoms with Crippen LogP contribution in [0.4, 0.5) is 0 Å². The summed E-state index contributed by atoms with van der Waals surface area (Å²) in [7, 11) is 0. The summed E-state index contributed by atoms with van der Waals surface area (Å²) in [6.07, 6.45) is 24.3. The van der Waals surface area contributed by atoms with Gasteiger partial charge in [-0.2, -0.15) is 0 Å². The highest BCUT2D eigenvalue weighted by Crippen LogP contribution is 2.42. The van der Waals surface area contributed by atoms with E-state index in [-0.39, 0.29) is 17.7 Å². The average molecular weight is 615 g/mol. The maximum atomic E-state index is 13.2. The number of amides is 2. The Kier molecular flexibility index (Phi) is 18.0. The van der Waals surface area contributed by atoms with Gasteiger partial charge in [0.1, 0.15) is 0 Å². The first-order valence-electron chi connectivity index (χ1n) is 17.1. The van der Waals surface area contributed by atoms with Gasteiger partial charge < -0.3 is 16.8 Å². The minimum absolute atomic E-state index is 0.0224. The van der Waals surface area contributed by atoms with Crippen LogP contribution in [0.2, 0.25) is 0 Å². The molecule has 0 aromatic heterocycles. The standard InChI is InChI=1S/C39H58N4O2/c1-5-19-31(3)38-32(4)24-25-33(43-37(45)23-14-10-8-12-18-28-41)29-39(26-6-2,35-21-16-15-20-34(35)38)30-42-36(44)22-13-9-7-11-17-27-40/h5,15-16,19-21,24-25,29-30,38H,3-4,6-14,17-18,22-23,26-28,40-41H2,1-2H3,(H,43,45)/b19-5-,25-24-,33-29+,42-30?. The molecule has 45 heavy (non-hydrogen) atoms. The molecule has 2 amide bonds. The smallest absolute Gasteiger partial charge is 0.245 e. The van der Waals surface area contributed by atoms with Crippen molar-refractivity contribution in [3.05, 3.63) is 95.8 Å². The van der Waals surface area contributed by atoms with Crippen LogP contribution in [-0.2, 0) is 15.0 Å². The Morgan fingerprint density at radius 2 is 1.56 bits per heavy atom. The predicted molar refractivity (Wildman–Crippen MR) is 191 cm³/mol. The van der Waals surface area contributed by atoms with E-state index in [0.717, 1.165) is 92.9 Å². The highest BCUT2D eigenvalue weighted by Gasteiger charge is 2.34. The molecule has 1 aromatic carbocycles. The van der Waals surface area contributed by atoms with E-state index in [1.54, 1.807) is 0 Å². The molecule has 0 fully saturated rings. The predicted octanol–water partition coefficient (Wildman–Crippen LogP) is 8.26. The maximum Gasteiger partial charge on any atom is 0.245 e. The molecule has 1 aliphatic carbocycles. The van der Waals surface area contributed by atoms with Gasteiger partial charge in [0.15, 0.2) is 0 Å². The van der Waals surface area contributed by atoms with Crippen LogP contribution in [0.1, 0.15) is 121 Å². The molecule has 246 valence electrons. The fourth-order valence-electron chi connectivity index (χ4n) is 6.07. The monoisotopic (exact) mass is 614 g/mol. The summed E-state index contributed by atoms with van der Waals surface area (Å²) in [5, 5.41) is 3.18. The van der Waals surface area contributed by atoms with Gasteiger partial charge in [0.2, 0.25) is 11.8 Å². The number of rotatable bonds is 20. The molecule has 2 atom stereocenters. The lowest BCUT2D eigenvalue weighted by Gasteiger charge is -2.32. The summed E-state index contributed by atoms with van der Waals surface area (Å²) in [5.41, 5.74) is 15.1. The third-order valence-electron chi connectivity index (χ3n) is 8.37. The number of unbranched alkanes of at least 4 members (excludes halogenated alkanes) is 8. The molecule has 0 aliphatic heterocycles. The number of fused-ring (bicyclic) bond motifs is 1. The molecule has 0 spiro atoms. The Morgan fingerprint density at radius 1 is 0.933 bits per heavy atom. The molecule has 1 aromatic rings. The average Bonchev–Trinajstić information content (AvgIpc) is 3.06. The zero-order valence-corrected chi connectivity index (χ0v) is 28.0. The Morgan fingerprint density at radius 3 is 2.20 bits per heavy atom. The molecule has 0 saturated heterocycles. The number of carbonyl (C=O) groups is 2. The van der Waals surface area contributed by atoms with Gasteiger partial charge in [-0.25, -0.2) is 4.99 Å². The van der Waals surface area contributed by atoms with Crippen molar-refractivity contribution in [2.24, 2.45) is 16.5 Å². The molecule has 5 N–H and O–H groups in total. The number of nitrogens with two attached hydrogens (primary N) is 2. The van der Waals surface area contributed by atoms with Gasteiger partial charge in [-0.1, -0.05) is 108 Å². The van der Waals surface area contributed by atoms with E-state index in [9.17, 15) is 9.59 Å². The van der Waals surface area contributed by atoms with Crippen LogP contribution in [0.15, 0.2) is 89.6 Å². The minimum atomic E-state index is -0.726. The number of hydrogen-bond acceptors (Lipinski definition) is 4. The van der Waals surface area contributed by atoms with Gasteiger partial charge in [-0.3, -0.25) is 9.59 Å². The van der Waals surface area contributed by atoms with Crippen LogP contribution in [0.25, 0.3) is 0 Å². The molecular formula is C39H58N4O2. The molecule has 6 heteroatoms. The van der Waals surface area contributed by atoms with Crippen molar-refractivity contribution in [2.45, 2.75) is 115 Å². The normalized spacial score (nSPS) is 20.2. The molecule has 2 unspecified atom stereocenters. The Bertz CT molecular complexity index is 1230. The molecule has 0 saturated carbocycles. The van der Waals surface area contributed by atoms with Crippen molar-refractivity contribution in [3.63, 3.8) is 0 Å². The van der Waals surface area contributed by atoms with Crippen LogP contribution < -0.4 is 16.8 Å². The maximum absolute atomic E-state index is 13.2. The van der Waals surface area contributed by atoms with Crippen molar-refractivity contribution in [1.29, 1.82) is 0 Å². The number of nitrogens with zero attached hydrogens (tertiary/aromatic N) is 1. The number of hydrogen-bond donors (Lipinski definition) is 3. The van der Waals surface area contributed by atoms with Crippen molar-refractivity contribution < 1.29 is 9.59 Å². The van der Waals surface area contributed by atoms with Crippen molar-refractivity contribution in [1.82, 2.24) is 5.32 Å². The van der Waals surface area contributed by atoms with Gasteiger partial charge in [0.05, 0.1) is 5.41 Å². The number of nitrogens with one attached hydrogen (secondary N) is 1. The second-order valence-electron chi connectivity index (χ2n) is 12.2. The summed E-state index contributed by atoms with van der Waals surface area (Å²) >= 11 is 0. The molecule has 0 radical (unpaired) electrons. The Labute approximate surface area is 272 Å². The summed E-state index contributed by atoms with van der Waals surface area (Å²) in [6, 6.07) is 8.30. The summed E-state index contributed by atoms with van der Waals surface area (Å²) in [5.74, 6) is -0.310. The largest absolute Gasteiger partial charge is 0.330 e. The third kappa shape index (κ3) is 12.9. The molecule has 0 heterocycles. The van der Waals surface area contributed by atoms with Crippen molar-refractivity contribution >= 4 is 18.0 Å². The quantitative estimate of drug-likeness (QED) is 0.0780. The lowest BCUT2D eigenvalue weighted by atomic mass is 9.71. The zero-order valence-electron chi connectivity index (χ0n) is 28.0. The number of aliphatic imine (C=N–C) groups is 1. The first kappa shape index (κ1) is 37.8. The second kappa shape index (κ2) is 21.4. The lowest BCUT2D eigenvalue weighted by molar-refractivity contribution is -0.120. The zero-order chi connectivity index (χ0) is 32.9. The molecule has 0 bridgehead atoms. The van der Waals surface area contributed by atoms with E-state index in [1.165, 1.54) is 0 Å². The SMILES string of the molecule is C=C(/C=C\C)C1C(=C)/C=C\C(NC(=O)CCCCCCCN)=C/C(C=NC(=O)CCCCCCCN)(CCC)c2ccccc21. The van der Waals surface area contributed by atoms with Gasteiger partial charge >= 0.3 is 0 Å². The second-order valence-corrected chi connectivity index (χ2v) is 12.2. The third-order valence-corrected chi connectivity index (χ3v) is 8.37. The highest BCUT2D eigenvalue weighted by atomic mass is 16.2. The van der Waals surface area contributed by atoms with E-state index in [1.807, 2.05) is 49.6 Å². The van der Waals surface area contributed by atoms with Gasteiger partial charge in [-0.15, -0.1) is 0 Å². The van der Waals surface area contributed by atoms with Crippen LogP contribution in [0.5, 0.6) is 0 Å².